The zero-order chi connectivity index (χ0) is 26.8. The fourth-order valence-corrected chi connectivity index (χ4v) is 4.54. The fourth-order valence-electron chi connectivity index (χ4n) is 4.54. The number of carbonyl (C=O) groups is 3. The number of aliphatic hydroxyl groups is 1. The molecule has 0 radical (unpaired) electrons. The molecule has 3 aromatic rings. The number of benzene rings is 3. The average Bonchev–Trinajstić information content (AvgIpc) is 3.22. The van der Waals surface area contributed by atoms with Crippen molar-refractivity contribution in [2.24, 2.45) is 0 Å². The summed E-state index contributed by atoms with van der Waals surface area (Å²) in [7, 11) is 1.53. The van der Waals surface area contributed by atoms with E-state index in [1.165, 1.54) is 18.1 Å². The van der Waals surface area contributed by atoms with Crippen molar-refractivity contribution in [3.8, 4) is 17.2 Å². The van der Waals surface area contributed by atoms with Crippen LogP contribution in [-0.4, -0.2) is 49.7 Å². The number of nitrogens with zero attached hydrogens (tertiary/aromatic N) is 1. The Bertz CT molecular complexity index is 1440. The number of ether oxygens (including phenoxy) is 4. The van der Waals surface area contributed by atoms with Crippen LogP contribution in [-0.2, 0) is 14.3 Å². The molecule has 0 aromatic heterocycles. The molecule has 5 rings (SSSR count). The van der Waals surface area contributed by atoms with E-state index < -0.39 is 23.7 Å². The number of amides is 1. The third-order valence-electron chi connectivity index (χ3n) is 6.33. The van der Waals surface area contributed by atoms with Gasteiger partial charge in [0, 0.05) is 11.3 Å². The number of esters is 1. The SMILES string of the molecule is CCOC(=O)c1cccc(N2C(=O)C(=O)/C(=C(\O)c3ccc4c(c3)OCCO4)C2c2ccc(OC)cc2)c1. The summed E-state index contributed by atoms with van der Waals surface area (Å²) in [5.41, 5.74) is 1.29. The Morgan fingerprint density at radius 1 is 0.974 bits per heavy atom. The van der Waals surface area contributed by atoms with Gasteiger partial charge in [-0.2, -0.15) is 0 Å². The van der Waals surface area contributed by atoms with E-state index in [1.54, 1.807) is 67.6 Å². The minimum atomic E-state index is -0.980. The third-order valence-corrected chi connectivity index (χ3v) is 6.33. The zero-order valence-electron chi connectivity index (χ0n) is 20.8. The Kier molecular flexibility index (Phi) is 6.74. The van der Waals surface area contributed by atoms with E-state index in [4.69, 9.17) is 18.9 Å². The molecular formula is C29H25NO8. The second-order valence-corrected chi connectivity index (χ2v) is 8.57. The van der Waals surface area contributed by atoms with E-state index in [0.29, 0.717) is 47.3 Å². The third kappa shape index (κ3) is 4.43. The van der Waals surface area contributed by atoms with Gasteiger partial charge < -0.3 is 24.1 Å². The lowest BCUT2D eigenvalue weighted by Gasteiger charge is -2.26. The van der Waals surface area contributed by atoms with Crippen molar-refractivity contribution in [3.63, 3.8) is 0 Å². The Balaban J connectivity index is 1.66. The van der Waals surface area contributed by atoms with Crippen molar-refractivity contribution < 1.29 is 38.4 Å². The van der Waals surface area contributed by atoms with E-state index in [0.717, 1.165) is 0 Å². The summed E-state index contributed by atoms with van der Waals surface area (Å²) in [6.07, 6.45) is 0. The highest BCUT2D eigenvalue weighted by Crippen LogP contribution is 2.43. The number of hydrogen-bond acceptors (Lipinski definition) is 8. The molecule has 0 bridgehead atoms. The van der Waals surface area contributed by atoms with Crippen molar-refractivity contribution in [2.75, 3.05) is 31.8 Å². The van der Waals surface area contributed by atoms with Gasteiger partial charge >= 0.3 is 5.97 Å². The van der Waals surface area contributed by atoms with Crippen LogP contribution < -0.4 is 19.1 Å². The first-order chi connectivity index (χ1) is 18.4. The summed E-state index contributed by atoms with van der Waals surface area (Å²) in [6.45, 7) is 2.65. The Morgan fingerprint density at radius 2 is 1.71 bits per heavy atom. The molecule has 0 spiro atoms. The Hall–Kier alpha value is -4.79. The smallest absolute Gasteiger partial charge is 0.338 e. The predicted molar refractivity (Wildman–Crippen MR) is 138 cm³/mol. The molecule has 194 valence electrons. The highest BCUT2D eigenvalue weighted by Gasteiger charge is 2.47. The van der Waals surface area contributed by atoms with Crippen LogP contribution in [0, 0.1) is 0 Å². The topological polar surface area (TPSA) is 112 Å². The lowest BCUT2D eigenvalue weighted by molar-refractivity contribution is -0.132. The molecule has 0 saturated carbocycles. The van der Waals surface area contributed by atoms with Gasteiger partial charge in [-0.1, -0.05) is 18.2 Å². The van der Waals surface area contributed by atoms with Crippen LogP contribution >= 0.6 is 0 Å². The van der Waals surface area contributed by atoms with Gasteiger partial charge in [-0.25, -0.2) is 4.79 Å². The highest BCUT2D eigenvalue weighted by atomic mass is 16.6. The van der Waals surface area contributed by atoms with Gasteiger partial charge in [-0.05, 0) is 61.0 Å². The van der Waals surface area contributed by atoms with Crippen LogP contribution in [0.25, 0.3) is 5.76 Å². The van der Waals surface area contributed by atoms with Crippen molar-refractivity contribution in [1.82, 2.24) is 0 Å². The number of anilines is 1. The summed E-state index contributed by atoms with van der Waals surface area (Å²) in [4.78, 5) is 40.5. The van der Waals surface area contributed by atoms with Gasteiger partial charge in [0.2, 0.25) is 0 Å². The second kappa shape index (κ2) is 10.3. The van der Waals surface area contributed by atoms with Gasteiger partial charge in [0.15, 0.2) is 11.5 Å². The summed E-state index contributed by atoms with van der Waals surface area (Å²) in [5, 5.41) is 11.4. The van der Waals surface area contributed by atoms with Gasteiger partial charge in [0.25, 0.3) is 11.7 Å². The lowest BCUT2D eigenvalue weighted by atomic mass is 9.95. The summed E-state index contributed by atoms with van der Waals surface area (Å²) >= 11 is 0. The lowest BCUT2D eigenvalue weighted by Crippen LogP contribution is -2.29. The predicted octanol–water partition coefficient (Wildman–Crippen LogP) is 4.27. The van der Waals surface area contributed by atoms with Crippen molar-refractivity contribution in [2.45, 2.75) is 13.0 Å². The molecular weight excluding hydrogens is 490 g/mol. The van der Waals surface area contributed by atoms with Crippen LogP contribution in [0.5, 0.6) is 17.2 Å². The van der Waals surface area contributed by atoms with Crippen LogP contribution in [0.15, 0.2) is 72.3 Å². The van der Waals surface area contributed by atoms with Crippen molar-refractivity contribution in [3.05, 3.63) is 89.0 Å². The fraction of sp³-hybridized carbons (Fsp3) is 0.207. The number of ketones is 1. The quantitative estimate of drug-likeness (QED) is 0.224. The molecule has 1 amide bonds. The normalized spacial score (nSPS) is 17.8. The van der Waals surface area contributed by atoms with Crippen LogP contribution in [0.4, 0.5) is 5.69 Å². The number of hydrogen-bond donors (Lipinski definition) is 1. The van der Waals surface area contributed by atoms with Crippen molar-refractivity contribution in [1.29, 1.82) is 0 Å². The summed E-state index contributed by atoms with van der Waals surface area (Å²) < 4.78 is 21.5. The van der Waals surface area contributed by atoms with Crippen LogP contribution in [0.3, 0.4) is 0 Å². The van der Waals surface area contributed by atoms with Gasteiger partial charge in [-0.3, -0.25) is 14.5 Å². The second-order valence-electron chi connectivity index (χ2n) is 8.57. The van der Waals surface area contributed by atoms with Gasteiger partial charge in [-0.15, -0.1) is 0 Å². The minimum Gasteiger partial charge on any atom is -0.507 e. The van der Waals surface area contributed by atoms with E-state index >= 15 is 0 Å². The molecule has 9 nitrogen and oxygen atoms in total. The number of rotatable bonds is 6. The monoisotopic (exact) mass is 515 g/mol. The number of fused-ring (bicyclic) bond motifs is 1. The van der Waals surface area contributed by atoms with Gasteiger partial charge in [0.05, 0.1) is 30.9 Å². The molecule has 38 heavy (non-hydrogen) atoms. The van der Waals surface area contributed by atoms with E-state index in [1.807, 2.05) is 0 Å². The maximum Gasteiger partial charge on any atom is 0.338 e. The van der Waals surface area contributed by atoms with E-state index in [-0.39, 0.29) is 23.5 Å². The maximum absolute atomic E-state index is 13.4. The minimum absolute atomic E-state index is 0.0987. The van der Waals surface area contributed by atoms with Gasteiger partial charge in [0.1, 0.15) is 24.7 Å². The molecule has 1 N–H and O–H groups in total. The molecule has 3 aromatic carbocycles. The number of aliphatic hydroxyl groups excluding tert-OH is 1. The van der Waals surface area contributed by atoms with Crippen LogP contribution in [0.2, 0.25) is 0 Å². The summed E-state index contributed by atoms with van der Waals surface area (Å²) in [6, 6.07) is 17.0. The molecule has 2 aliphatic rings. The molecule has 0 aliphatic carbocycles. The molecule has 1 atom stereocenters. The maximum atomic E-state index is 13.4. The number of methoxy groups -OCH3 is 1. The van der Waals surface area contributed by atoms with Crippen LogP contribution in [0.1, 0.15) is 34.5 Å². The largest absolute Gasteiger partial charge is 0.507 e. The molecule has 1 saturated heterocycles. The first kappa shape index (κ1) is 24.9. The molecule has 1 unspecified atom stereocenters. The first-order valence-corrected chi connectivity index (χ1v) is 12.0. The highest BCUT2D eigenvalue weighted by molar-refractivity contribution is 6.51. The Morgan fingerprint density at radius 3 is 2.42 bits per heavy atom. The molecule has 1 fully saturated rings. The average molecular weight is 516 g/mol. The van der Waals surface area contributed by atoms with E-state index in [2.05, 4.69) is 0 Å². The standard InChI is InChI=1S/C29H25NO8/c1-3-36-29(34)19-5-4-6-20(15-19)30-25(17-7-10-21(35-2)11-8-17)24(27(32)28(30)33)26(31)18-9-12-22-23(16-18)38-14-13-37-22/h4-12,15-16,25,31H,3,13-14H2,1-2H3/b26-24-. The first-order valence-electron chi connectivity index (χ1n) is 12.0. The molecule has 2 aliphatic heterocycles. The molecule has 2 heterocycles. The van der Waals surface area contributed by atoms with E-state index in [9.17, 15) is 19.5 Å². The summed E-state index contributed by atoms with van der Waals surface area (Å²) in [5.74, 6) is -1.07. The number of Topliss-reactive ketones (excluding diaryl/α,β-unsaturated/α-hetero) is 1. The number of carbonyl (C=O) groups excluding carboxylic acids is 3. The Labute approximate surface area is 218 Å². The van der Waals surface area contributed by atoms with Crippen molar-refractivity contribution >= 4 is 29.1 Å². The molecule has 9 heteroatoms. The zero-order valence-corrected chi connectivity index (χ0v) is 20.8.